The van der Waals surface area contributed by atoms with Gasteiger partial charge in [-0.1, -0.05) is 55.0 Å². The van der Waals surface area contributed by atoms with Gasteiger partial charge in [0.2, 0.25) is 0 Å². The number of nitrogens with zero attached hydrogens (tertiary/aromatic N) is 1. The van der Waals surface area contributed by atoms with Gasteiger partial charge in [-0.3, -0.25) is 0 Å². The molecule has 0 bridgehead atoms. The van der Waals surface area contributed by atoms with Crippen LogP contribution in [0.1, 0.15) is 29.5 Å². The summed E-state index contributed by atoms with van der Waals surface area (Å²) in [5, 5.41) is 0. The molecule has 92 valence electrons. The minimum absolute atomic E-state index is 0.642. The van der Waals surface area contributed by atoms with Crippen molar-refractivity contribution in [2.24, 2.45) is 0 Å². The zero-order chi connectivity index (χ0) is 12.5. The number of rotatable bonds is 2. The molecule has 1 aliphatic rings. The fraction of sp³-hybridized carbons (Fsp3) is 0.294. The quantitative estimate of drug-likeness (QED) is 0.759. The van der Waals surface area contributed by atoms with Gasteiger partial charge in [0.25, 0.3) is 0 Å². The molecular formula is C17H19N. The fourth-order valence-electron chi connectivity index (χ4n) is 2.84. The van der Waals surface area contributed by atoms with Gasteiger partial charge < -0.3 is 4.90 Å². The van der Waals surface area contributed by atoms with E-state index in [-0.39, 0.29) is 0 Å². The second-order valence-corrected chi connectivity index (χ2v) is 5.33. The Bertz CT molecular complexity index is 545. The van der Waals surface area contributed by atoms with Crippen LogP contribution in [0.25, 0.3) is 0 Å². The maximum Gasteiger partial charge on any atom is 0.0429 e. The van der Waals surface area contributed by atoms with Crippen LogP contribution in [0, 0.1) is 6.92 Å². The lowest BCUT2D eigenvalue weighted by Crippen LogP contribution is -2.20. The van der Waals surface area contributed by atoms with Crippen LogP contribution < -0.4 is 4.90 Å². The van der Waals surface area contributed by atoms with Crippen LogP contribution in [0.4, 0.5) is 5.69 Å². The Labute approximate surface area is 109 Å². The summed E-state index contributed by atoms with van der Waals surface area (Å²) in [4.78, 5) is 2.49. The Hall–Kier alpha value is -1.76. The van der Waals surface area contributed by atoms with Crippen LogP contribution in [0.2, 0.25) is 0 Å². The molecular weight excluding hydrogens is 218 g/mol. The molecule has 1 atom stereocenters. The van der Waals surface area contributed by atoms with E-state index in [1.54, 1.807) is 0 Å². The average molecular weight is 237 g/mol. The van der Waals surface area contributed by atoms with E-state index in [9.17, 15) is 0 Å². The Morgan fingerprint density at radius 1 is 1.11 bits per heavy atom. The summed E-state index contributed by atoms with van der Waals surface area (Å²) in [5.41, 5.74) is 5.67. The molecule has 1 heteroatoms. The number of fused-ring (bicyclic) bond motifs is 1. The maximum atomic E-state index is 2.49. The summed E-state index contributed by atoms with van der Waals surface area (Å²) in [6, 6.07) is 17.5. The van der Waals surface area contributed by atoms with E-state index in [4.69, 9.17) is 0 Å². The van der Waals surface area contributed by atoms with Crippen LogP contribution >= 0.6 is 0 Å². The summed E-state index contributed by atoms with van der Waals surface area (Å²) in [7, 11) is 0. The minimum atomic E-state index is 0.642. The third kappa shape index (κ3) is 2.01. The molecule has 3 rings (SSSR count). The van der Waals surface area contributed by atoms with Crippen LogP contribution in [-0.2, 0) is 6.54 Å². The topological polar surface area (TPSA) is 3.24 Å². The molecule has 0 aromatic heterocycles. The number of aryl methyl sites for hydroxylation is 1. The molecule has 0 fully saturated rings. The largest absolute Gasteiger partial charge is 0.366 e. The monoisotopic (exact) mass is 237 g/mol. The van der Waals surface area contributed by atoms with Gasteiger partial charge >= 0.3 is 0 Å². The van der Waals surface area contributed by atoms with Gasteiger partial charge in [0.15, 0.2) is 0 Å². The predicted molar refractivity (Wildman–Crippen MR) is 77.1 cm³/mol. The number of hydrogen-bond acceptors (Lipinski definition) is 1. The van der Waals surface area contributed by atoms with Gasteiger partial charge in [0, 0.05) is 24.7 Å². The van der Waals surface area contributed by atoms with E-state index in [2.05, 4.69) is 67.3 Å². The number of anilines is 1. The molecule has 0 spiro atoms. The third-order valence-electron chi connectivity index (χ3n) is 3.77. The lowest BCUT2D eigenvalue weighted by Gasteiger charge is -2.19. The first-order valence-corrected chi connectivity index (χ1v) is 6.63. The van der Waals surface area contributed by atoms with E-state index >= 15 is 0 Å². The van der Waals surface area contributed by atoms with Gasteiger partial charge in [0.1, 0.15) is 0 Å². The summed E-state index contributed by atoms with van der Waals surface area (Å²) in [5.74, 6) is 0.642. The van der Waals surface area contributed by atoms with Gasteiger partial charge in [-0.05, 0) is 24.1 Å². The van der Waals surface area contributed by atoms with Crippen molar-refractivity contribution < 1.29 is 0 Å². The first kappa shape index (κ1) is 11.3. The second-order valence-electron chi connectivity index (χ2n) is 5.33. The van der Waals surface area contributed by atoms with E-state index in [0.29, 0.717) is 5.92 Å². The highest BCUT2D eigenvalue weighted by molar-refractivity contribution is 5.61. The molecule has 1 heterocycles. The Morgan fingerprint density at radius 2 is 1.89 bits per heavy atom. The molecule has 2 aromatic carbocycles. The molecule has 0 aliphatic carbocycles. The lowest BCUT2D eigenvalue weighted by atomic mass is 10.0. The highest BCUT2D eigenvalue weighted by atomic mass is 15.2. The van der Waals surface area contributed by atoms with E-state index in [0.717, 1.165) is 13.1 Å². The van der Waals surface area contributed by atoms with Crippen LogP contribution in [0.15, 0.2) is 48.5 Å². The standard InChI is InChI=1S/C17H19N/c1-13-8-9-17-16(10-13)14(2)11-18(17)12-15-6-4-3-5-7-15/h3-10,14H,11-12H2,1-2H3/t14-/m0/s1. The summed E-state index contributed by atoms with van der Waals surface area (Å²) >= 11 is 0. The minimum Gasteiger partial charge on any atom is -0.366 e. The van der Waals surface area contributed by atoms with Crippen molar-refractivity contribution in [2.45, 2.75) is 26.3 Å². The van der Waals surface area contributed by atoms with Crippen LogP contribution in [-0.4, -0.2) is 6.54 Å². The first-order chi connectivity index (χ1) is 8.74. The van der Waals surface area contributed by atoms with Crippen molar-refractivity contribution in [3.8, 4) is 0 Å². The smallest absolute Gasteiger partial charge is 0.0429 e. The number of benzene rings is 2. The molecule has 0 amide bonds. The van der Waals surface area contributed by atoms with Crippen molar-refractivity contribution in [3.63, 3.8) is 0 Å². The summed E-state index contributed by atoms with van der Waals surface area (Å²) in [6.45, 7) is 6.64. The molecule has 0 radical (unpaired) electrons. The highest BCUT2D eigenvalue weighted by Crippen LogP contribution is 2.37. The summed E-state index contributed by atoms with van der Waals surface area (Å²) < 4.78 is 0. The van der Waals surface area contributed by atoms with E-state index in [1.165, 1.54) is 22.4 Å². The molecule has 0 N–H and O–H groups in total. The van der Waals surface area contributed by atoms with E-state index < -0.39 is 0 Å². The SMILES string of the molecule is Cc1ccc2c(c1)[C@@H](C)CN2Cc1ccccc1. The van der Waals surface area contributed by atoms with Crippen molar-refractivity contribution in [1.82, 2.24) is 0 Å². The number of hydrogen-bond donors (Lipinski definition) is 0. The molecule has 0 saturated heterocycles. The van der Waals surface area contributed by atoms with Gasteiger partial charge in [0.05, 0.1) is 0 Å². The molecule has 1 nitrogen and oxygen atoms in total. The second kappa shape index (κ2) is 4.49. The first-order valence-electron chi connectivity index (χ1n) is 6.63. The average Bonchev–Trinajstić information content (AvgIpc) is 2.67. The molecule has 2 aromatic rings. The Morgan fingerprint density at radius 3 is 2.67 bits per heavy atom. The van der Waals surface area contributed by atoms with Crippen molar-refractivity contribution in [1.29, 1.82) is 0 Å². The van der Waals surface area contributed by atoms with Gasteiger partial charge in [-0.25, -0.2) is 0 Å². The zero-order valence-electron chi connectivity index (χ0n) is 11.1. The van der Waals surface area contributed by atoms with Crippen LogP contribution in [0.3, 0.4) is 0 Å². The van der Waals surface area contributed by atoms with E-state index in [1.807, 2.05) is 0 Å². The Kier molecular flexibility index (Phi) is 2.83. The third-order valence-corrected chi connectivity index (χ3v) is 3.77. The van der Waals surface area contributed by atoms with Gasteiger partial charge in [-0.15, -0.1) is 0 Å². The molecule has 1 aliphatic heterocycles. The van der Waals surface area contributed by atoms with Crippen molar-refractivity contribution in [3.05, 3.63) is 65.2 Å². The zero-order valence-corrected chi connectivity index (χ0v) is 11.1. The molecule has 18 heavy (non-hydrogen) atoms. The fourth-order valence-corrected chi connectivity index (χ4v) is 2.84. The normalized spacial score (nSPS) is 17.9. The molecule has 0 unspecified atom stereocenters. The van der Waals surface area contributed by atoms with Crippen LogP contribution in [0.5, 0.6) is 0 Å². The van der Waals surface area contributed by atoms with Gasteiger partial charge in [-0.2, -0.15) is 0 Å². The Balaban J connectivity index is 1.89. The lowest BCUT2D eigenvalue weighted by molar-refractivity contribution is 0.746. The maximum absolute atomic E-state index is 2.49. The van der Waals surface area contributed by atoms with Crippen molar-refractivity contribution >= 4 is 5.69 Å². The molecule has 0 saturated carbocycles. The van der Waals surface area contributed by atoms with Crippen molar-refractivity contribution in [2.75, 3.05) is 11.4 Å². The summed E-state index contributed by atoms with van der Waals surface area (Å²) in [6.07, 6.45) is 0. The highest BCUT2D eigenvalue weighted by Gasteiger charge is 2.25. The predicted octanol–water partition coefficient (Wildman–Crippen LogP) is 4.12.